The van der Waals surface area contributed by atoms with E-state index in [1.54, 1.807) is 24.3 Å². The maximum atomic E-state index is 12.8. The van der Waals surface area contributed by atoms with Gasteiger partial charge in [-0.15, -0.1) is 0 Å². The second kappa shape index (κ2) is 9.19. The van der Waals surface area contributed by atoms with E-state index >= 15 is 0 Å². The first-order chi connectivity index (χ1) is 15.7. The Bertz CT molecular complexity index is 1160. The average molecular weight is 484 g/mol. The lowest BCUT2D eigenvalue weighted by molar-refractivity contribution is -0.185. The molecule has 0 bridgehead atoms. The zero-order valence-electron chi connectivity index (χ0n) is 18.8. The van der Waals surface area contributed by atoms with Gasteiger partial charge in [-0.3, -0.25) is 4.79 Å². The summed E-state index contributed by atoms with van der Waals surface area (Å²) in [5.74, 6) is -0.198. The molecule has 0 aliphatic carbocycles. The monoisotopic (exact) mass is 484 g/mol. The first kappa shape index (κ1) is 25.4. The van der Waals surface area contributed by atoms with Crippen LogP contribution in [0.5, 0.6) is 11.5 Å². The summed E-state index contributed by atoms with van der Waals surface area (Å²) < 4.78 is 86.1. The quantitative estimate of drug-likeness (QED) is 0.409. The summed E-state index contributed by atoms with van der Waals surface area (Å²) in [6.45, 7) is 6.24. The fourth-order valence-electron chi connectivity index (χ4n) is 3.60. The molecule has 0 saturated heterocycles. The molecule has 2 aliphatic rings. The number of carbonyl (C=O) groups is 1. The molecular formula is C25H22F6O3. The Labute approximate surface area is 192 Å². The first-order valence-corrected chi connectivity index (χ1v) is 10.3. The second-order valence-electron chi connectivity index (χ2n) is 8.21. The van der Waals surface area contributed by atoms with Crippen LogP contribution in [0.4, 0.5) is 26.3 Å². The van der Waals surface area contributed by atoms with Gasteiger partial charge in [0.1, 0.15) is 11.5 Å². The van der Waals surface area contributed by atoms with Crippen LogP contribution in [0.15, 0.2) is 47.5 Å². The number of benzene rings is 2. The van der Waals surface area contributed by atoms with Crippen molar-refractivity contribution in [2.45, 2.75) is 52.3 Å². The van der Waals surface area contributed by atoms with Crippen molar-refractivity contribution >= 4 is 17.9 Å². The molecular weight excluding hydrogens is 462 g/mol. The molecule has 0 aromatic heterocycles. The van der Waals surface area contributed by atoms with Crippen LogP contribution in [0, 0.1) is 13.8 Å². The van der Waals surface area contributed by atoms with Gasteiger partial charge in [-0.05, 0) is 69.7 Å². The number of alkyl halides is 6. The second-order valence-corrected chi connectivity index (χ2v) is 8.21. The first-order valence-electron chi connectivity index (χ1n) is 10.3. The van der Waals surface area contributed by atoms with E-state index in [2.05, 4.69) is 0 Å². The Kier molecular flexibility index (Phi) is 6.87. The molecule has 0 fully saturated rings. The predicted octanol–water partition coefficient (Wildman–Crippen LogP) is 7.01. The van der Waals surface area contributed by atoms with Gasteiger partial charge in [0.2, 0.25) is 12.2 Å². The molecule has 4 rings (SSSR count). The van der Waals surface area contributed by atoms with E-state index < -0.39 is 30.3 Å². The zero-order valence-corrected chi connectivity index (χ0v) is 18.8. The van der Waals surface area contributed by atoms with E-state index in [1.165, 1.54) is 25.1 Å². The van der Waals surface area contributed by atoms with E-state index in [9.17, 15) is 31.1 Å². The third-order valence-electron chi connectivity index (χ3n) is 5.21. The third-order valence-corrected chi connectivity index (χ3v) is 5.21. The van der Waals surface area contributed by atoms with Crippen molar-refractivity contribution in [2.24, 2.45) is 0 Å². The normalized spacial score (nSPS) is 19.2. The molecule has 2 aromatic rings. The highest BCUT2D eigenvalue weighted by atomic mass is 19.4. The van der Waals surface area contributed by atoms with Crippen molar-refractivity contribution < 1.29 is 40.6 Å². The SMILES string of the molecule is CC(=O)C1=Cc2cc(C)ccc2OC1C(F)(F)F.CC1=Cc2cc(C)ccc2OC1C(F)(F)F. The fraction of sp³-hybridized carbons (Fsp3) is 0.320. The number of fused-ring (bicyclic) bond motifs is 2. The highest BCUT2D eigenvalue weighted by Crippen LogP contribution is 2.38. The molecule has 0 spiro atoms. The summed E-state index contributed by atoms with van der Waals surface area (Å²) in [5.41, 5.74) is 2.92. The molecule has 2 heterocycles. The van der Waals surface area contributed by atoms with Crippen LogP contribution >= 0.6 is 0 Å². The number of halogens is 6. The van der Waals surface area contributed by atoms with Crippen LogP contribution in [-0.2, 0) is 4.79 Å². The molecule has 0 N–H and O–H groups in total. The molecule has 0 radical (unpaired) electrons. The highest BCUT2D eigenvalue weighted by Gasteiger charge is 2.47. The summed E-state index contributed by atoms with van der Waals surface area (Å²) in [6, 6.07) is 9.96. The van der Waals surface area contributed by atoms with Gasteiger partial charge < -0.3 is 9.47 Å². The number of aryl methyl sites for hydroxylation is 2. The van der Waals surface area contributed by atoms with Crippen molar-refractivity contribution in [2.75, 3.05) is 0 Å². The molecule has 0 amide bonds. The zero-order chi connectivity index (χ0) is 25.4. The minimum absolute atomic E-state index is 0.146. The van der Waals surface area contributed by atoms with E-state index in [4.69, 9.17) is 9.47 Å². The van der Waals surface area contributed by atoms with Crippen LogP contribution in [-0.4, -0.2) is 30.3 Å². The lowest BCUT2D eigenvalue weighted by Crippen LogP contribution is -2.39. The number of carbonyl (C=O) groups excluding carboxylic acids is 1. The maximum absolute atomic E-state index is 12.8. The van der Waals surface area contributed by atoms with Gasteiger partial charge in [0.25, 0.3) is 0 Å². The summed E-state index contributed by atoms with van der Waals surface area (Å²) in [5, 5.41) is 0. The van der Waals surface area contributed by atoms with Crippen LogP contribution in [0.2, 0.25) is 0 Å². The van der Waals surface area contributed by atoms with Crippen molar-refractivity contribution in [1.82, 2.24) is 0 Å². The number of Topliss-reactive ketones (excluding diaryl/α,β-unsaturated/α-hetero) is 1. The Morgan fingerprint density at radius 1 is 0.735 bits per heavy atom. The van der Waals surface area contributed by atoms with Crippen molar-refractivity contribution in [3.05, 3.63) is 69.8 Å². The number of ketones is 1. The molecule has 182 valence electrons. The lowest BCUT2D eigenvalue weighted by atomic mass is 9.97. The minimum Gasteiger partial charge on any atom is -0.476 e. The van der Waals surface area contributed by atoms with Gasteiger partial charge >= 0.3 is 12.4 Å². The Morgan fingerprint density at radius 3 is 1.62 bits per heavy atom. The molecule has 9 heteroatoms. The van der Waals surface area contributed by atoms with E-state index in [0.717, 1.165) is 18.1 Å². The van der Waals surface area contributed by atoms with Gasteiger partial charge in [-0.1, -0.05) is 23.3 Å². The topological polar surface area (TPSA) is 35.5 Å². The van der Waals surface area contributed by atoms with Crippen molar-refractivity contribution in [3.63, 3.8) is 0 Å². The van der Waals surface area contributed by atoms with Crippen LogP contribution < -0.4 is 9.47 Å². The third kappa shape index (κ3) is 5.63. The minimum atomic E-state index is -4.60. The van der Waals surface area contributed by atoms with Gasteiger partial charge in [-0.25, -0.2) is 0 Å². The van der Waals surface area contributed by atoms with Gasteiger partial charge in [0.15, 0.2) is 5.78 Å². The lowest BCUT2D eigenvalue weighted by Gasteiger charge is -2.27. The van der Waals surface area contributed by atoms with Crippen LogP contribution in [0.25, 0.3) is 12.2 Å². The predicted molar refractivity (Wildman–Crippen MR) is 116 cm³/mol. The number of hydrogen-bond acceptors (Lipinski definition) is 3. The average Bonchev–Trinajstić information content (AvgIpc) is 2.71. The summed E-state index contributed by atoms with van der Waals surface area (Å²) in [6.07, 6.45) is -10.2. The smallest absolute Gasteiger partial charge is 0.429 e. The van der Waals surface area contributed by atoms with Gasteiger partial charge in [0, 0.05) is 16.7 Å². The molecule has 3 nitrogen and oxygen atoms in total. The number of ether oxygens (including phenoxy) is 2. The number of rotatable bonds is 1. The molecule has 2 unspecified atom stereocenters. The van der Waals surface area contributed by atoms with Crippen LogP contribution in [0.3, 0.4) is 0 Å². The molecule has 34 heavy (non-hydrogen) atoms. The van der Waals surface area contributed by atoms with Gasteiger partial charge in [-0.2, -0.15) is 26.3 Å². The molecule has 2 aliphatic heterocycles. The van der Waals surface area contributed by atoms with E-state index in [-0.39, 0.29) is 16.9 Å². The highest BCUT2D eigenvalue weighted by molar-refractivity contribution is 6.00. The van der Waals surface area contributed by atoms with E-state index in [1.807, 2.05) is 19.9 Å². The van der Waals surface area contributed by atoms with Crippen molar-refractivity contribution in [1.29, 1.82) is 0 Å². The fourth-order valence-corrected chi connectivity index (χ4v) is 3.60. The largest absolute Gasteiger partial charge is 0.476 e. The summed E-state index contributed by atoms with van der Waals surface area (Å²) in [7, 11) is 0. The Hall–Kier alpha value is -3.23. The standard InChI is InChI=1S/C13H11F3O2.C12H11F3O/c1-7-3-4-11-9(5-7)6-10(8(2)17)12(18-11)13(14,15)16;1-7-3-4-10-9(5-7)6-8(2)11(16-10)12(13,14)15/h3-6,12H,1-2H3;3-6,11H,1-2H3. The summed E-state index contributed by atoms with van der Waals surface area (Å²) >= 11 is 0. The van der Waals surface area contributed by atoms with Gasteiger partial charge in [0.05, 0.1) is 0 Å². The van der Waals surface area contributed by atoms with E-state index in [0.29, 0.717) is 16.9 Å². The Balaban J connectivity index is 0.000000192. The Morgan fingerprint density at radius 2 is 1.18 bits per heavy atom. The molecule has 2 atom stereocenters. The van der Waals surface area contributed by atoms with Crippen LogP contribution in [0.1, 0.15) is 36.1 Å². The maximum Gasteiger partial charge on any atom is 0.429 e. The molecule has 0 saturated carbocycles. The summed E-state index contributed by atoms with van der Waals surface area (Å²) in [4.78, 5) is 11.3. The molecule has 2 aromatic carbocycles. The van der Waals surface area contributed by atoms with Crippen molar-refractivity contribution in [3.8, 4) is 11.5 Å². The number of hydrogen-bond donors (Lipinski definition) is 0.